The lowest BCUT2D eigenvalue weighted by Crippen LogP contribution is -2.17. The van der Waals surface area contributed by atoms with Gasteiger partial charge in [-0.1, -0.05) is 0 Å². The summed E-state index contributed by atoms with van der Waals surface area (Å²) >= 11 is 0. The summed E-state index contributed by atoms with van der Waals surface area (Å²) in [6, 6.07) is 10.5. The van der Waals surface area contributed by atoms with Gasteiger partial charge in [-0.3, -0.25) is 9.59 Å². The second-order valence-electron chi connectivity index (χ2n) is 6.53. The maximum atomic E-state index is 12.4. The molecule has 0 fully saturated rings. The van der Waals surface area contributed by atoms with Crippen molar-refractivity contribution < 1.29 is 23.7 Å². The number of anilines is 1. The number of methoxy groups -OCH3 is 2. The predicted octanol–water partition coefficient (Wildman–Crippen LogP) is 2.85. The van der Waals surface area contributed by atoms with E-state index in [0.717, 1.165) is 5.39 Å². The quantitative estimate of drug-likeness (QED) is 0.665. The molecule has 4 rings (SSSR count). The first-order valence-electron chi connectivity index (χ1n) is 9.05. The molecule has 1 aliphatic rings. The number of rotatable bonds is 6. The highest BCUT2D eigenvalue weighted by molar-refractivity contribution is 5.91. The SMILES string of the molecule is COc1cc2cc(CCC(=O)Nc3ccc4c(c3)OCO4)c(=O)[nH]c2cc1OC. The summed E-state index contributed by atoms with van der Waals surface area (Å²) in [6.07, 6.45) is 0.465. The third-order valence-electron chi connectivity index (χ3n) is 4.70. The molecule has 1 amide bonds. The van der Waals surface area contributed by atoms with E-state index in [9.17, 15) is 9.59 Å². The minimum Gasteiger partial charge on any atom is -0.493 e. The Balaban J connectivity index is 1.48. The van der Waals surface area contributed by atoms with Gasteiger partial charge in [0.05, 0.1) is 19.7 Å². The van der Waals surface area contributed by atoms with Crippen LogP contribution in [0.2, 0.25) is 0 Å². The molecule has 2 aromatic carbocycles. The second-order valence-corrected chi connectivity index (χ2v) is 6.53. The van der Waals surface area contributed by atoms with Gasteiger partial charge in [0.15, 0.2) is 23.0 Å². The van der Waals surface area contributed by atoms with E-state index in [4.69, 9.17) is 18.9 Å². The lowest BCUT2D eigenvalue weighted by molar-refractivity contribution is -0.116. The zero-order valence-electron chi connectivity index (χ0n) is 16.0. The molecule has 150 valence electrons. The third kappa shape index (κ3) is 3.82. The third-order valence-corrected chi connectivity index (χ3v) is 4.70. The summed E-state index contributed by atoms with van der Waals surface area (Å²) in [4.78, 5) is 27.5. The largest absolute Gasteiger partial charge is 0.493 e. The highest BCUT2D eigenvalue weighted by Gasteiger charge is 2.15. The van der Waals surface area contributed by atoms with Crippen molar-refractivity contribution in [2.45, 2.75) is 12.8 Å². The van der Waals surface area contributed by atoms with Crippen molar-refractivity contribution in [1.29, 1.82) is 0 Å². The number of aromatic nitrogens is 1. The Bertz CT molecular complexity index is 1140. The Morgan fingerprint density at radius 2 is 1.83 bits per heavy atom. The van der Waals surface area contributed by atoms with E-state index in [0.29, 0.717) is 46.2 Å². The second kappa shape index (κ2) is 7.75. The van der Waals surface area contributed by atoms with Crippen molar-refractivity contribution in [3.63, 3.8) is 0 Å². The van der Waals surface area contributed by atoms with Crippen molar-refractivity contribution in [2.24, 2.45) is 0 Å². The summed E-state index contributed by atoms with van der Waals surface area (Å²) in [6.45, 7) is 0.175. The molecule has 0 aliphatic carbocycles. The number of amides is 1. The van der Waals surface area contributed by atoms with E-state index < -0.39 is 0 Å². The number of aryl methyl sites for hydroxylation is 1. The minimum absolute atomic E-state index is 0.163. The molecular formula is C21H20N2O6. The number of hydrogen-bond acceptors (Lipinski definition) is 6. The first-order chi connectivity index (χ1) is 14.1. The molecule has 0 saturated carbocycles. The molecule has 2 heterocycles. The summed E-state index contributed by atoms with van der Waals surface area (Å²) in [5.74, 6) is 2.15. The van der Waals surface area contributed by atoms with E-state index in [1.165, 1.54) is 7.11 Å². The Labute approximate surface area is 166 Å². The Kier molecular flexibility index (Phi) is 4.99. The normalized spacial score (nSPS) is 12.1. The van der Waals surface area contributed by atoms with Crippen molar-refractivity contribution in [3.8, 4) is 23.0 Å². The molecule has 0 bridgehead atoms. The van der Waals surface area contributed by atoms with Crippen LogP contribution in [0.5, 0.6) is 23.0 Å². The van der Waals surface area contributed by atoms with E-state index in [1.54, 1.807) is 43.5 Å². The fourth-order valence-electron chi connectivity index (χ4n) is 3.21. The fourth-order valence-corrected chi connectivity index (χ4v) is 3.21. The number of fused-ring (bicyclic) bond motifs is 2. The smallest absolute Gasteiger partial charge is 0.251 e. The summed E-state index contributed by atoms with van der Waals surface area (Å²) in [5, 5.41) is 3.61. The average Bonchev–Trinajstić information content (AvgIpc) is 3.19. The van der Waals surface area contributed by atoms with E-state index >= 15 is 0 Å². The Morgan fingerprint density at radius 1 is 1.07 bits per heavy atom. The molecule has 3 aromatic rings. The predicted molar refractivity (Wildman–Crippen MR) is 107 cm³/mol. The molecule has 0 atom stereocenters. The van der Waals surface area contributed by atoms with Crippen molar-refractivity contribution in [3.05, 3.63) is 52.3 Å². The highest BCUT2D eigenvalue weighted by Crippen LogP contribution is 2.34. The van der Waals surface area contributed by atoms with E-state index in [-0.39, 0.29) is 24.7 Å². The molecule has 0 spiro atoms. The van der Waals surface area contributed by atoms with Gasteiger partial charge < -0.3 is 29.2 Å². The zero-order valence-corrected chi connectivity index (χ0v) is 16.0. The molecule has 0 unspecified atom stereocenters. The fraction of sp³-hybridized carbons (Fsp3) is 0.238. The summed E-state index contributed by atoms with van der Waals surface area (Å²) in [7, 11) is 3.09. The van der Waals surface area contributed by atoms with Crippen LogP contribution in [0.15, 0.2) is 41.2 Å². The number of nitrogens with one attached hydrogen (secondary N) is 2. The molecule has 2 N–H and O–H groups in total. The molecule has 8 heteroatoms. The van der Waals surface area contributed by atoms with Crippen molar-refractivity contribution in [1.82, 2.24) is 4.98 Å². The lowest BCUT2D eigenvalue weighted by atomic mass is 10.1. The molecule has 0 saturated heterocycles. The van der Waals surface area contributed by atoms with Crippen LogP contribution in [0, 0.1) is 0 Å². The first-order valence-corrected chi connectivity index (χ1v) is 9.05. The minimum atomic E-state index is -0.236. The van der Waals surface area contributed by atoms with Crippen molar-refractivity contribution >= 4 is 22.5 Å². The van der Waals surface area contributed by atoms with Crippen LogP contribution < -0.4 is 29.8 Å². The topological polar surface area (TPSA) is 98.9 Å². The van der Waals surface area contributed by atoms with Crippen LogP contribution in [-0.4, -0.2) is 31.9 Å². The molecule has 1 aromatic heterocycles. The van der Waals surface area contributed by atoms with Crippen LogP contribution in [0.25, 0.3) is 10.9 Å². The average molecular weight is 396 g/mol. The Morgan fingerprint density at radius 3 is 2.62 bits per heavy atom. The van der Waals surface area contributed by atoms with Crippen LogP contribution in [0.1, 0.15) is 12.0 Å². The van der Waals surface area contributed by atoms with Gasteiger partial charge in [-0.25, -0.2) is 0 Å². The maximum absolute atomic E-state index is 12.4. The Hall–Kier alpha value is -3.68. The number of benzene rings is 2. The van der Waals surface area contributed by atoms with Crippen LogP contribution in [0.4, 0.5) is 5.69 Å². The van der Waals surface area contributed by atoms with Crippen molar-refractivity contribution in [2.75, 3.05) is 26.3 Å². The molecule has 1 aliphatic heterocycles. The standard InChI is InChI=1S/C21H20N2O6/c1-26-17-8-13-7-12(21(25)23-15(13)10-18(17)27-2)3-6-20(24)22-14-4-5-16-19(9-14)29-11-28-16/h4-5,7-10H,3,6,11H2,1-2H3,(H,22,24)(H,23,25). The van der Waals surface area contributed by atoms with Crippen LogP contribution >= 0.6 is 0 Å². The van der Waals surface area contributed by atoms with Gasteiger partial charge in [-0.15, -0.1) is 0 Å². The van der Waals surface area contributed by atoms with Gasteiger partial charge in [-0.05, 0) is 30.7 Å². The molecule has 29 heavy (non-hydrogen) atoms. The zero-order chi connectivity index (χ0) is 20.4. The number of carbonyl (C=O) groups is 1. The van der Waals surface area contributed by atoms with Gasteiger partial charge in [-0.2, -0.15) is 0 Å². The highest BCUT2D eigenvalue weighted by atomic mass is 16.7. The van der Waals surface area contributed by atoms with Gasteiger partial charge >= 0.3 is 0 Å². The first kappa shape index (κ1) is 18.7. The number of carbonyl (C=O) groups excluding carboxylic acids is 1. The van der Waals surface area contributed by atoms with Gasteiger partial charge in [0.2, 0.25) is 12.7 Å². The molecular weight excluding hydrogens is 376 g/mol. The summed E-state index contributed by atoms with van der Waals surface area (Å²) < 4.78 is 21.1. The van der Waals surface area contributed by atoms with Crippen LogP contribution in [-0.2, 0) is 11.2 Å². The number of pyridine rings is 1. The van der Waals surface area contributed by atoms with Gasteiger partial charge in [0.1, 0.15) is 0 Å². The number of ether oxygens (including phenoxy) is 4. The van der Waals surface area contributed by atoms with E-state index in [2.05, 4.69) is 10.3 Å². The van der Waals surface area contributed by atoms with Gasteiger partial charge in [0, 0.05) is 35.2 Å². The molecule has 8 nitrogen and oxygen atoms in total. The number of H-pyrrole nitrogens is 1. The van der Waals surface area contributed by atoms with E-state index in [1.807, 2.05) is 0 Å². The van der Waals surface area contributed by atoms with Crippen LogP contribution in [0.3, 0.4) is 0 Å². The summed E-state index contributed by atoms with van der Waals surface area (Å²) in [5.41, 5.74) is 1.54. The monoisotopic (exact) mass is 396 g/mol. The maximum Gasteiger partial charge on any atom is 0.251 e. The molecule has 0 radical (unpaired) electrons. The van der Waals surface area contributed by atoms with Gasteiger partial charge in [0.25, 0.3) is 5.56 Å². The lowest BCUT2D eigenvalue weighted by Gasteiger charge is -2.10. The number of hydrogen-bond donors (Lipinski definition) is 2. The number of aromatic amines is 1.